The van der Waals surface area contributed by atoms with Gasteiger partial charge in [-0.1, -0.05) is 24.3 Å². The lowest BCUT2D eigenvalue weighted by Crippen LogP contribution is -2.43. The van der Waals surface area contributed by atoms with Crippen molar-refractivity contribution in [1.82, 2.24) is 5.32 Å². The molecule has 0 bridgehead atoms. The van der Waals surface area contributed by atoms with E-state index < -0.39 is 14.6 Å². The van der Waals surface area contributed by atoms with Crippen LogP contribution >= 0.6 is 0 Å². The molecule has 1 N–H and O–H groups in total. The van der Waals surface area contributed by atoms with Crippen LogP contribution in [0.2, 0.25) is 0 Å². The number of carbonyl (C=O) groups excluding carboxylic acids is 1. The van der Waals surface area contributed by atoms with Crippen LogP contribution in [0.5, 0.6) is 0 Å². The molecule has 0 fully saturated rings. The monoisotopic (exact) mass is 309 g/mol. The molecule has 21 heavy (non-hydrogen) atoms. The first kappa shape index (κ1) is 16.2. The Labute approximate surface area is 126 Å². The molecule has 0 amide bonds. The number of Topliss-reactive ketones (excluding diaryl/α,β-unsaturated/α-hetero) is 1. The third-order valence-corrected chi connectivity index (χ3v) is 6.63. The first-order valence-electron chi connectivity index (χ1n) is 7.26. The van der Waals surface area contributed by atoms with E-state index in [0.717, 1.165) is 0 Å². The number of benzene rings is 1. The number of rotatable bonds is 4. The molecule has 1 atom stereocenters. The summed E-state index contributed by atoms with van der Waals surface area (Å²) in [4.78, 5) is 12.3. The number of carbonyl (C=O) groups is 1. The number of nitrogens with one attached hydrogen (secondary N) is 1. The van der Waals surface area contributed by atoms with Gasteiger partial charge in [0.1, 0.15) is 0 Å². The second-order valence-corrected chi connectivity index (χ2v) is 9.42. The van der Waals surface area contributed by atoms with Crippen molar-refractivity contribution >= 4 is 15.6 Å². The van der Waals surface area contributed by atoms with Crippen molar-refractivity contribution in [3.63, 3.8) is 0 Å². The maximum atomic E-state index is 12.3. The average molecular weight is 309 g/mol. The fourth-order valence-corrected chi connectivity index (χ4v) is 3.48. The predicted octanol–water partition coefficient (Wildman–Crippen LogP) is 1.87. The summed E-state index contributed by atoms with van der Waals surface area (Å²) in [5.74, 6) is -0.0906. The first-order chi connectivity index (χ1) is 9.71. The van der Waals surface area contributed by atoms with Crippen LogP contribution in [0, 0.1) is 0 Å². The average Bonchev–Trinajstić information content (AvgIpc) is 2.43. The highest BCUT2D eigenvalue weighted by atomic mass is 32.2. The molecule has 2 rings (SSSR count). The summed E-state index contributed by atoms with van der Waals surface area (Å²) in [6, 6.07) is 7.76. The third kappa shape index (κ3) is 3.71. The van der Waals surface area contributed by atoms with E-state index in [0.29, 0.717) is 13.0 Å². The van der Waals surface area contributed by atoms with Crippen LogP contribution in [-0.2, 0) is 27.6 Å². The van der Waals surface area contributed by atoms with Gasteiger partial charge in [0, 0.05) is 13.0 Å². The van der Waals surface area contributed by atoms with Gasteiger partial charge in [0.25, 0.3) is 0 Å². The highest BCUT2D eigenvalue weighted by molar-refractivity contribution is 7.92. The molecule has 116 valence electrons. The van der Waals surface area contributed by atoms with Gasteiger partial charge in [-0.15, -0.1) is 0 Å². The highest BCUT2D eigenvalue weighted by Gasteiger charge is 2.31. The van der Waals surface area contributed by atoms with Gasteiger partial charge in [-0.25, -0.2) is 8.42 Å². The first-order valence-corrected chi connectivity index (χ1v) is 8.91. The number of hydrogen-bond donors (Lipinski definition) is 1. The predicted molar refractivity (Wildman–Crippen MR) is 83.9 cm³/mol. The molecule has 0 aromatic heterocycles. The smallest absolute Gasteiger partial charge is 0.155 e. The minimum Gasteiger partial charge on any atom is -0.303 e. The van der Waals surface area contributed by atoms with E-state index in [4.69, 9.17) is 0 Å². The number of hydrogen-bond acceptors (Lipinski definition) is 4. The number of fused-ring (bicyclic) bond motifs is 1. The van der Waals surface area contributed by atoms with Crippen molar-refractivity contribution in [1.29, 1.82) is 0 Å². The molecule has 0 spiro atoms. The lowest BCUT2D eigenvalue weighted by atomic mass is 9.93. The molecule has 0 saturated heterocycles. The van der Waals surface area contributed by atoms with Crippen molar-refractivity contribution in [2.75, 3.05) is 5.75 Å². The molecule has 5 heteroatoms. The van der Waals surface area contributed by atoms with Crippen LogP contribution in [0.15, 0.2) is 24.3 Å². The molecule has 0 saturated carbocycles. The van der Waals surface area contributed by atoms with E-state index in [2.05, 4.69) is 5.32 Å². The molecule has 1 aromatic rings. The Kier molecular flexibility index (Phi) is 4.54. The zero-order valence-electron chi connectivity index (χ0n) is 12.8. The van der Waals surface area contributed by atoms with Gasteiger partial charge in [0.15, 0.2) is 15.6 Å². The van der Waals surface area contributed by atoms with Crippen LogP contribution < -0.4 is 5.32 Å². The lowest BCUT2D eigenvalue weighted by molar-refractivity contribution is -0.120. The molecule has 1 heterocycles. The van der Waals surface area contributed by atoms with Crippen LogP contribution in [0.4, 0.5) is 0 Å². The normalized spacial score (nSPS) is 19.1. The van der Waals surface area contributed by atoms with Gasteiger partial charge < -0.3 is 5.32 Å². The summed E-state index contributed by atoms with van der Waals surface area (Å²) in [5, 5.41) is 3.21. The molecule has 0 aliphatic carbocycles. The summed E-state index contributed by atoms with van der Waals surface area (Å²) in [5.41, 5.74) is 2.39. The van der Waals surface area contributed by atoms with E-state index in [1.165, 1.54) is 11.1 Å². The van der Waals surface area contributed by atoms with Crippen molar-refractivity contribution in [3.8, 4) is 0 Å². The second kappa shape index (κ2) is 5.89. The van der Waals surface area contributed by atoms with Gasteiger partial charge in [-0.2, -0.15) is 0 Å². The molecule has 1 aromatic carbocycles. The Bertz CT molecular complexity index is 629. The molecular weight excluding hydrogens is 286 g/mol. The fraction of sp³-hybridized carbons (Fsp3) is 0.562. The van der Waals surface area contributed by atoms with E-state index in [1.54, 1.807) is 20.8 Å². The SMILES string of the molecule is CC(C)(C)S(=O)(=O)CCC(=O)C1Cc2ccccc2CN1. The minimum atomic E-state index is -3.24. The summed E-state index contributed by atoms with van der Waals surface area (Å²) < 4.78 is 23.3. The molecular formula is C16H23NO3S. The summed E-state index contributed by atoms with van der Waals surface area (Å²) in [6.45, 7) is 5.67. The quantitative estimate of drug-likeness (QED) is 0.922. The Balaban J connectivity index is 1.97. The Morgan fingerprint density at radius 3 is 2.48 bits per heavy atom. The van der Waals surface area contributed by atoms with Gasteiger partial charge in [0.2, 0.25) is 0 Å². The van der Waals surface area contributed by atoms with E-state index in [9.17, 15) is 13.2 Å². The van der Waals surface area contributed by atoms with Crippen molar-refractivity contribution < 1.29 is 13.2 Å². The molecule has 1 aliphatic heterocycles. The third-order valence-electron chi connectivity index (χ3n) is 4.02. The van der Waals surface area contributed by atoms with Crippen molar-refractivity contribution in [2.45, 2.75) is 50.9 Å². The van der Waals surface area contributed by atoms with Gasteiger partial charge in [-0.05, 0) is 38.3 Å². The van der Waals surface area contributed by atoms with Crippen LogP contribution in [0.25, 0.3) is 0 Å². The molecule has 0 radical (unpaired) electrons. The minimum absolute atomic E-state index is 0.0164. The van der Waals surface area contributed by atoms with Crippen LogP contribution in [-0.4, -0.2) is 30.7 Å². The largest absolute Gasteiger partial charge is 0.303 e. The highest BCUT2D eigenvalue weighted by Crippen LogP contribution is 2.20. The van der Waals surface area contributed by atoms with Crippen LogP contribution in [0.3, 0.4) is 0 Å². The Morgan fingerprint density at radius 2 is 1.86 bits per heavy atom. The van der Waals surface area contributed by atoms with Crippen molar-refractivity contribution in [3.05, 3.63) is 35.4 Å². The maximum Gasteiger partial charge on any atom is 0.155 e. The van der Waals surface area contributed by atoms with Gasteiger partial charge in [0.05, 0.1) is 16.5 Å². The summed E-state index contributed by atoms with van der Waals surface area (Å²) in [7, 11) is -3.24. The van der Waals surface area contributed by atoms with Gasteiger partial charge in [-0.3, -0.25) is 4.79 Å². The van der Waals surface area contributed by atoms with E-state index in [-0.39, 0.29) is 24.0 Å². The molecule has 1 aliphatic rings. The van der Waals surface area contributed by atoms with Crippen molar-refractivity contribution in [2.24, 2.45) is 0 Å². The summed E-state index contributed by atoms with van der Waals surface area (Å²) in [6.07, 6.45) is 0.726. The van der Waals surface area contributed by atoms with Crippen LogP contribution in [0.1, 0.15) is 38.3 Å². The van der Waals surface area contributed by atoms with E-state index in [1.807, 2.05) is 24.3 Å². The number of sulfone groups is 1. The van der Waals surface area contributed by atoms with E-state index >= 15 is 0 Å². The summed E-state index contributed by atoms with van der Waals surface area (Å²) >= 11 is 0. The lowest BCUT2D eigenvalue weighted by Gasteiger charge is -2.25. The fourth-order valence-electron chi connectivity index (χ4n) is 2.40. The Morgan fingerprint density at radius 1 is 1.24 bits per heavy atom. The maximum absolute atomic E-state index is 12.3. The Hall–Kier alpha value is -1.20. The second-order valence-electron chi connectivity index (χ2n) is 6.55. The standard InChI is InChI=1S/C16H23NO3S/c1-16(2,3)21(19,20)9-8-15(18)14-10-12-6-4-5-7-13(12)11-17-14/h4-7,14,17H,8-11H2,1-3H3. The topological polar surface area (TPSA) is 63.2 Å². The molecule has 4 nitrogen and oxygen atoms in total. The number of ketones is 1. The molecule has 1 unspecified atom stereocenters. The van der Waals surface area contributed by atoms with Gasteiger partial charge >= 0.3 is 0 Å². The zero-order chi connectivity index (χ0) is 15.7. The zero-order valence-corrected chi connectivity index (χ0v) is 13.7.